The first-order valence-electron chi connectivity index (χ1n) is 5.80. The Hall–Kier alpha value is -0.570. The predicted molar refractivity (Wildman–Crippen MR) is 66.7 cm³/mol. The summed E-state index contributed by atoms with van der Waals surface area (Å²) in [5.74, 6) is 0. The van der Waals surface area contributed by atoms with Gasteiger partial charge in [0, 0.05) is 11.1 Å². The summed E-state index contributed by atoms with van der Waals surface area (Å²) in [7, 11) is 2.13. The van der Waals surface area contributed by atoms with Crippen LogP contribution >= 0.6 is 11.6 Å². The van der Waals surface area contributed by atoms with Gasteiger partial charge in [0.05, 0.1) is 6.10 Å². The van der Waals surface area contributed by atoms with Crippen molar-refractivity contribution in [3.63, 3.8) is 0 Å². The first-order chi connectivity index (χ1) is 7.66. The maximum absolute atomic E-state index is 10.1. The highest BCUT2D eigenvalue weighted by atomic mass is 35.5. The summed E-state index contributed by atoms with van der Waals surface area (Å²) >= 11 is 5.91. The topological polar surface area (TPSA) is 23.5 Å². The molecule has 88 valence electrons. The highest BCUT2D eigenvalue weighted by Gasteiger charge is 2.24. The molecule has 0 unspecified atom stereocenters. The van der Waals surface area contributed by atoms with Crippen molar-refractivity contribution in [2.24, 2.45) is 0 Å². The Kier molecular flexibility index (Phi) is 3.85. The Bertz CT molecular complexity index is 356. The third-order valence-corrected chi connectivity index (χ3v) is 3.64. The van der Waals surface area contributed by atoms with Gasteiger partial charge in [0.1, 0.15) is 0 Å². The standard InChI is InChI=1S/C13H18ClNO/c1-15-7-3-6-12(15)9-13(16)10-4-2-5-11(14)8-10/h2,4-5,8,12-13,16H,3,6-7,9H2,1H3/t12-,13+/m1/s1. The van der Waals surface area contributed by atoms with Crippen LogP contribution in [0, 0.1) is 0 Å². The van der Waals surface area contributed by atoms with Crippen molar-refractivity contribution < 1.29 is 5.11 Å². The normalized spacial score (nSPS) is 23.6. The van der Waals surface area contributed by atoms with Gasteiger partial charge in [-0.25, -0.2) is 0 Å². The van der Waals surface area contributed by atoms with Crippen LogP contribution in [-0.4, -0.2) is 29.6 Å². The van der Waals surface area contributed by atoms with Gasteiger partial charge in [-0.3, -0.25) is 0 Å². The van der Waals surface area contributed by atoms with Crippen LogP contribution in [-0.2, 0) is 0 Å². The molecule has 0 saturated carbocycles. The number of benzene rings is 1. The zero-order chi connectivity index (χ0) is 11.5. The van der Waals surface area contributed by atoms with Crippen LogP contribution in [0.2, 0.25) is 5.02 Å². The summed E-state index contributed by atoms with van der Waals surface area (Å²) in [5.41, 5.74) is 0.924. The van der Waals surface area contributed by atoms with Crippen LogP contribution < -0.4 is 0 Å². The van der Waals surface area contributed by atoms with Gasteiger partial charge in [-0.1, -0.05) is 23.7 Å². The number of aliphatic hydroxyl groups is 1. The third-order valence-electron chi connectivity index (χ3n) is 3.40. The quantitative estimate of drug-likeness (QED) is 0.877. The number of halogens is 1. The van der Waals surface area contributed by atoms with Gasteiger partial charge in [-0.15, -0.1) is 0 Å². The zero-order valence-electron chi connectivity index (χ0n) is 9.56. The lowest BCUT2D eigenvalue weighted by atomic mass is 10.0. The average Bonchev–Trinajstić information content (AvgIpc) is 2.64. The Morgan fingerprint density at radius 1 is 1.56 bits per heavy atom. The minimum atomic E-state index is -0.399. The molecule has 16 heavy (non-hydrogen) atoms. The van der Waals surface area contributed by atoms with E-state index in [4.69, 9.17) is 11.6 Å². The molecule has 1 saturated heterocycles. The molecular formula is C13H18ClNO. The second-order valence-electron chi connectivity index (χ2n) is 4.58. The fourth-order valence-corrected chi connectivity index (χ4v) is 2.58. The molecule has 1 aliphatic heterocycles. The third kappa shape index (κ3) is 2.76. The molecule has 2 nitrogen and oxygen atoms in total. The number of hydrogen-bond donors (Lipinski definition) is 1. The lowest BCUT2D eigenvalue weighted by molar-refractivity contribution is 0.130. The van der Waals surface area contributed by atoms with E-state index < -0.39 is 6.10 Å². The molecule has 1 aromatic rings. The molecule has 1 aliphatic rings. The van der Waals surface area contributed by atoms with E-state index in [1.165, 1.54) is 12.8 Å². The summed E-state index contributed by atoms with van der Waals surface area (Å²) in [6, 6.07) is 8.01. The molecule has 0 radical (unpaired) electrons. The Balaban J connectivity index is 1.99. The molecule has 1 fully saturated rings. The van der Waals surface area contributed by atoms with E-state index in [0.717, 1.165) is 18.5 Å². The Labute approximate surface area is 102 Å². The monoisotopic (exact) mass is 239 g/mol. The molecule has 0 bridgehead atoms. The molecule has 0 aliphatic carbocycles. The van der Waals surface area contributed by atoms with E-state index in [0.29, 0.717) is 11.1 Å². The second-order valence-corrected chi connectivity index (χ2v) is 5.02. The lowest BCUT2D eigenvalue weighted by Gasteiger charge is -2.22. The minimum Gasteiger partial charge on any atom is -0.388 e. The minimum absolute atomic E-state index is 0.399. The van der Waals surface area contributed by atoms with Crippen LogP contribution in [0.25, 0.3) is 0 Å². The summed E-state index contributed by atoms with van der Waals surface area (Å²) in [4.78, 5) is 2.33. The molecule has 0 spiro atoms. The largest absolute Gasteiger partial charge is 0.388 e. The van der Waals surface area contributed by atoms with Gasteiger partial charge in [0.25, 0.3) is 0 Å². The van der Waals surface area contributed by atoms with Crippen molar-refractivity contribution in [1.82, 2.24) is 4.90 Å². The molecule has 3 heteroatoms. The number of hydrogen-bond acceptors (Lipinski definition) is 2. The molecule has 0 amide bonds. The number of rotatable bonds is 3. The van der Waals surface area contributed by atoms with Gasteiger partial charge in [-0.05, 0) is 50.6 Å². The molecule has 1 heterocycles. The predicted octanol–water partition coefficient (Wildman–Crippen LogP) is 2.86. The van der Waals surface area contributed by atoms with Crippen LogP contribution in [0.4, 0.5) is 0 Å². The average molecular weight is 240 g/mol. The first kappa shape index (κ1) is 11.9. The van der Waals surface area contributed by atoms with Crippen molar-refractivity contribution in [2.45, 2.75) is 31.4 Å². The highest BCUT2D eigenvalue weighted by Crippen LogP contribution is 2.27. The van der Waals surface area contributed by atoms with Crippen molar-refractivity contribution in [1.29, 1.82) is 0 Å². The maximum atomic E-state index is 10.1. The molecule has 2 atom stereocenters. The van der Waals surface area contributed by atoms with Crippen molar-refractivity contribution in [3.8, 4) is 0 Å². The molecule has 1 N–H and O–H groups in total. The number of aliphatic hydroxyl groups excluding tert-OH is 1. The van der Waals surface area contributed by atoms with E-state index in [9.17, 15) is 5.11 Å². The fraction of sp³-hybridized carbons (Fsp3) is 0.538. The summed E-state index contributed by atoms with van der Waals surface area (Å²) in [5, 5.41) is 10.8. The summed E-state index contributed by atoms with van der Waals surface area (Å²) in [6.45, 7) is 1.15. The molecule has 0 aromatic heterocycles. The van der Waals surface area contributed by atoms with Crippen LogP contribution in [0.15, 0.2) is 24.3 Å². The molecule has 1 aromatic carbocycles. The first-order valence-corrected chi connectivity index (χ1v) is 6.18. The highest BCUT2D eigenvalue weighted by molar-refractivity contribution is 6.30. The second kappa shape index (κ2) is 5.17. The van der Waals surface area contributed by atoms with E-state index in [2.05, 4.69) is 11.9 Å². The SMILES string of the molecule is CN1CCC[C@@H]1C[C@H](O)c1cccc(Cl)c1. The van der Waals surface area contributed by atoms with Gasteiger partial charge < -0.3 is 10.0 Å². The van der Waals surface area contributed by atoms with Gasteiger partial charge in [0.2, 0.25) is 0 Å². The van der Waals surface area contributed by atoms with E-state index in [1.54, 1.807) is 0 Å². The fourth-order valence-electron chi connectivity index (χ4n) is 2.38. The number of nitrogens with zero attached hydrogens (tertiary/aromatic N) is 1. The maximum Gasteiger partial charge on any atom is 0.0805 e. The Morgan fingerprint density at radius 3 is 3.00 bits per heavy atom. The van der Waals surface area contributed by atoms with Crippen LogP contribution in [0.1, 0.15) is 30.9 Å². The summed E-state index contributed by atoms with van der Waals surface area (Å²) < 4.78 is 0. The van der Waals surface area contributed by atoms with Gasteiger partial charge >= 0.3 is 0 Å². The number of likely N-dealkylation sites (tertiary alicyclic amines) is 1. The van der Waals surface area contributed by atoms with Crippen LogP contribution in [0.3, 0.4) is 0 Å². The van der Waals surface area contributed by atoms with E-state index in [1.807, 2.05) is 24.3 Å². The van der Waals surface area contributed by atoms with Crippen molar-refractivity contribution >= 4 is 11.6 Å². The molecular weight excluding hydrogens is 222 g/mol. The lowest BCUT2D eigenvalue weighted by Crippen LogP contribution is -2.26. The zero-order valence-corrected chi connectivity index (χ0v) is 10.3. The molecule has 2 rings (SSSR count). The van der Waals surface area contributed by atoms with Gasteiger partial charge in [-0.2, -0.15) is 0 Å². The Morgan fingerprint density at radius 2 is 2.38 bits per heavy atom. The van der Waals surface area contributed by atoms with Crippen LogP contribution in [0.5, 0.6) is 0 Å². The summed E-state index contributed by atoms with van der Waals surface area (Å²) in [6.07, 6.45) is 2.83. The van der Waals surface area contributed by atoms with Crippen molar-refractivity contribution in [3.05, 3.63) is 34.9 Å². The smallest absolute Gasteiger partial charge is 0.0805 e. The van der Waals surface area contributed by atoms with Crippen molar-refractivity contribution in [2.75, 3.05) is 13.6 Å². The van der Waals surface area contributed by atoms with E-state index >= 15 is 0 Å². The van der Waals surface area contributed by atoms with Gasteiger partial charge in [0.15, 0.2) is 0 Å². The van der Waals surface area contributed by atoms with E-state index in [-0.39, 0.29) is 0 Å².